The molecule has 2 aliphatic heterocycles. The zero-order chi connectivity index (χ0) is 21.2. The van der Waals surface area contributed by atoms with Crippen LogP contribution in [0.4, 0.5) is 0 Å². The number of halogens is 1. The molecule has 7 heteroatoms. The monoisotopic (exact) mass is 419 g/mol. The van der Waals surface area contributed by atoms with Crippen molar-refractivity contribution < 1.29 is 14.4 Å². The van der Waals surface area contributed by atoms with Crippen molar-refractivity contribution in [2.45, 2.75) is 58.0 Å². The zero-order valence-corrected chi connectivity index (χ0v) is 18.2. The maximum absolute atomic E-state index is 12.9. The number of carbonyl (C=O) groups excluding carboxylic acids is 3. The van der Waals surface area contributed by atoms with Crippen molar-refractivity contribution in [3.63, 3.8) is 0 Å². The molecule has 2 aliphatic rings. The summed E-state index contributed by atoms with van der Waals surface area (Å²) in [4.78, 5) is 41.1. The van der Waals surface area contributed by atoms with Crippen molar-refractivity contribution in [2.24, 2.45) is 5.92 Å². The van der Waals surface area contributed by atoms with Crippen LogP contribution >= 0.6 is 11.6 Å². The van der Waals surface area contributed by atoms with Crippen molar-refractivity contribution in [1.29, 1.82) is 0 Å². The predicted molar refractivity (Wildman–Crippen MR) is 112 cm³/mol. The molecular weight excluding hydrogens is 390 g/mol. The highest BCUT2D eigenvalue weighted by Gasteiger charge is 2.41. The molecule has 0 saturated carbocycles. The Morgan fingerprint density at radius 1 is 1.14 bits per heavy atom. The van der Waals surface area contributed by atoms with Gasteiger partial charge in [-0.2, -0.15) is 0 Å². The molecule has 1 aromatic rings. The molecule has 29 heavy (non-hydrogen) atoms. The van der Waals surface area contributed by atoms with Gasteiger partial charge in [-0.3, -0.25) is 14.4 Å². The standard InChI is InChI=1S/C22H30ClN3O3/c1-22(2,3)26-14-16(13-20(26)28)21(29)25-10-8-18(9-11-25)24-19(27)12-15-4-6-17(23)7-5-15/h4-7,16,18H,8-14H2,1-3H3,(H,24,27). The third-order valence-electron chi connectivity index (χ3n) is 5.73. The molecule has 0 aromatic heterocycles. The Hall–Kier alpha value is -2.08. The number of hydrogen-bond acceptors (Lipinski definition) is 3. The van der Waals surface area contributed by atoms with Crippen molar-refractivity contribution in [3.8, 4) is 0 Å². The van der Waals surface area contributed by atoms with E-state index < -0.39 is 0 Å². The quantitative estimate of drug-likeness (QED) is 0.815. The summed E-state index contributed by atoms with van der Waals surface area (Å²) in [6.45, 7) is 7.72. The molecular formula is C22H30ClN3O3. The first-order valence-electron chi connectivity index (χ1n) is 10.3. The van der Waals surface area contributed by atoms with Crippen molar-refractivity contribution in [3.05, 3.63) is 34.9 Å². The number of amides is 3. The number of benzene rings is 1. The second-order valence-electron chi connectivity index (χ2n) is 9.05. The van der Waals surface area contributed by atoms with Crippen LogP contribution in [-0.4, -0.2) is 58.7 Å². The molecule has 1 unspecified atom stereocenters. The van der Waals surface area contributed by atoms with Gasteiger partial charge in [-0.1, -0.05) is 23.7 Å². The normalized spacial score (nSPS) is 20.8. The SMILES string of the molecule is CC(C)(C)N1CC(C(=O)N2CCC(NC(=O)Cc3ccc(Cl)cc3)CC2)CC1=O. The topological polar surface area (TPSA) is 69.7 Å². The fourth-order valence-corrected chi connectivity index (χ4v) is 4.22. The molecule has 0 aliphatic carbocycles. The van der Waals surface area contributed by atoms with Gasteiger partial charge in [0.25, 0.3) is 0 Å². The summed E-state index contributed by atoms with van der Waals surface area (Å²) >= 11 is 5.87. The van der Waals surface area contributed by atoms with Gasteiger partial charge < -0.3 is 15.1 Å². The van der Waals surface area contributed by atoms with E-state index in [4.69, 9.17) is 11.6 Å². The molecule has 2 fully saturated rings. The highest BCUT2D eigenvalue weighted by molar-refractivity contribution is 6.30. The number of hydrogen-bond donors (Lipinski definition) is 1. The van der Waals surface area contributed by atoms with Gasteiger partial charge >= 0.3 is 0 Å². The summed E-state index contributed by atoms with van der Waals surface area (Å²) in [5, 5.41) is 3.73. The zero-order valence-electron chi connectivity index (χ0n) is 17.4. The Morgan fingerprint density at radius 3 is 2.31 bits per heavy atom. The number of nitrogens with zero attached hydrogens (tertiary/aromatic N) is 2. The number of likely N-dealkylation sites (tertiary alicyclic amines) is 2. The summed E-state index contributed by atoms with van der Waals surface area (Å²) in [5.41, 5.74) is 0.668. The average molecular weight is 420 g/mol. The summed E-state index contributed by atoms with van der Waals surface area (Å²) in [7, 11) is 0. The first-order valence-corrected chi connectivity index (χ1v) is 10.6. The van der Waals surface area contributed by atoms with Crippen molar-refractivity contribution in [2.75, 3.05) is 19.6 Å². The average Bonchev–Trinajstić information content (AvgIpc) is 3.06. The Labute approximate surface area is 177 Å². The van der Waals surface area contributed by atoms with Crippen LogP contribution < -0.4 is 5.32 Å². The van der Waals surface area contributed by atoms with E-state index in [1.54, 1.807) is 17.0 Å². The van der Waals surface area contributed by atoms with Gasteiger partial charge in [-0.05, 0) is 51.3 Å². The molecule has 0 bridgehead atoms. The number of nitrogens with one attached hydrogen (secondary N) is 1. The molecule has 1 N–H and O–H groups in total. The lowest BCUT2D eigenvalue weighted by Gasteiger charge is -2.35. The van der Waals surface area contributed by atoms with E-state index in [0.29, 0.717) is 37.5 Å². The largest absolute Gasteiger partial charge is 0.353 e. The molecule has 158 valence electrons. The van der Waals surface area contributed by atoms with Crippen LogP contribution in [0.2, 0.25) is 5.02 Å². The van der Waals surface area contributed by atoms with E-state index in [9.17, 15) is 14.4 Å². The van der Waals surface area contributed by atoms with Gasteiger partial charge in [0.15, 0.2) is 0 Å². The van der Waals surface area contributed by atoms with Gasteiger partial charge in [0, 0.05) is 42.7 Å². The van der Waals surface area contributed by atoms with E-state index in [1.165, 1.54) is 0 Å². The van der Waals surface area contributed by atoms with Gasteiger partial charge in [-0.15, -0.1) is 0 Å². The third-order valence-corrected chi connectivity index (χ3v) is 5.99. The van der Waals surface area contributed by atoms with E-state index in [2.05, 4.69) is 5.32 Å². The van der Waals surface area contributed by atoms with E-state index in [1.807, 2.05) is 37.8 Å². The molecule has 0 radical (unpaired) electrons. The van der Waals surface area contributed by atoms with Gasteiger partial charge in [-0.25, -0.2) is 0 Å². The highest BCUT2D eigenvalue weighted by Crippen LogP contribution is 2.28. The van der Waals surface area contributed by atoms with Crippen LogP contribution in [-0.2, 0) is 20.8 Å². The number of carbonyl (C=O) groups is 3. The second kappa shape index (κ2) is 8.74. The Morgan fingerprint density at radius 2 is 1.76 bits per heavy atom. The van der Waals surface area contributed by atoms with Crippen LogP contribution in [0.25, 0.3) is 0 Å². The Balaban J connectivity index is 1.45. The summed E-state index contributed by atoms with van der Waals surface area (Å²) < 4.78 is 0. The first-order chi connectivity index (χ1) is 13.6. The first kappa shape index (κ1) is 21.6. The lowest BCUT2D eigenvalue weighted by atomic mass is 10.0. The van der Waals surface area contributed by atoms with Gasteiger partial charge in [0.2, 0.25) is 17.7 Å². The van der Waals surface area contributed by atoms with Crippen molar-refractivity contribution >= 4 is 29.3 Å². The lowest BCUT2D eigenvalue weighted by molar-refractivity contribution is -0.137. The number of piperidine rings is 1. The number of rotatable bonds is 4. The van der Waals surface area contributed by atoms with Crippen LogP contribution in [0.15, 0.2) is 24.3 Å². The van der Waals surface area contributed by atoms with E-state index >= 15 is 0 Å². The predicted octanol–water partition coefficient (Wildman–Crippen LogP) is 2.64. The van der Waals surface area contributed by atoms with Gasteiger partial charge in [0.1, 0.15) is 0 Å². The summed E-state index contributed by atoms with van der Waals surface area (Å²) in [6.07, 6.45) is 2.10. The van der Waals surface area contributed by atoms with E-state index in [0.717, 1.165) is 18.4 Å². The molecule has 2 heterocycles. The van der Waals surface area contributed by atoms with Crippen LogP contribution in [0, 0.1) is 5.92 Å². The minimum absolute atomic E-state index is 0.0145. The second-order valence-corrected chi connectivity index (χ2v) is 9.48. The minimum atomic E-state index is -0.256. The molecule has 3 amide bonds. The molecule has 3 rings (SSSR count). The lowest BCUT2D eigenvalue weighted by Crippen LogP contribution is -2.49. The fourth-order valence-electron chi connectivity index (χ4n) is 4.09. The van der Waals surface area contributed by atoms with Crippen molar-refractivity contribution in [1.82, 2.24) is 15.1 Å². The smallest absolute Gasteiger partial charge is 0.227 e. The van der Waals surface area contributed by atoms with Crippen LogP contribution in [0.1, 0.15) is 45.6 Å². The molecule has 0 spiro atoms. The molecule has 2 saturated heterocycles. The molecule has 1 aromatic carbocycles. The maximum Gasteiger partial charge on any atom is 0.227 e. The third kappa shape index (κ3) is 5.50. The van der Waals surface area contributed by atoms with E-state index in [-0.39, 0.29) is 35.2 Å². The van der Waals surface area contributed by atoms with Crippen LogP contribution in [0.5, 0.6) is 0 Å². The summed E-state index contributed by atoms with van der Waals surface area (Å²) in [5.74, 6) is -0.145. The molecule has 6 nitrogen and oxygen atoms in total. The van der Waals surface area contributed by atoms with Crippen LogP contribution in [0.3, 0.4) is 0 Å². The Bertz CT molecular complexity index is 765. The van der Waals surface area contributed by atoms with Gasteiger partial charge in [0.05, 0.1) is 12.3 Å². The summed E-state index contributed by atoms with van der Waals surface area (Å²) in [6, 6.07) is 7.35. The Kier molecular flexibility index (Phi) is 6.52. The highest BCUT2D eigenvalue weighted by atomic mass is 35.5. The minimum Gasteiger partial charge on any atom is -0.353 e. The maximum atomic E-state index is 12.9. The molecule has 1 atom stereocenters. The fraction of sp³-hybridized carbons (Fsp3) is 0.591.